The lowest BCUT2D eigenvalue weighted by molar-refractivity contribution is -0.111. The van der Waals surface area contributed by atoms with Gasteiger partial charge in [-0.2, -0.15) is 0 Å². The van der Waals surface area contributed by atoms with Crippen molar-refractivity contribution in [3.05, 3.63) is 107 Å². The molecule has 5 heteroatoms. The van der Waals surface area contributed by atoms with Gasteiger partial charge in [-0.15, -0.1) is 0 Å². The second-order valence-corrected chi connectivity index (χ2v) is 7.33. The average Bonchev–Trinajstić information content (AvgIpc) is 2.82. The van der Waals surface area contributed by atoms with Gasteiger partial charge in [-0.3, -0.25) is 9.59 Å². The van der Waals surface area contributed by atoms with Crippen molar-refractivity contribution in [2.24, 2.45) is 0 Å². The molecule has 31 heavy (non-hydrogen) atoms. The van der Waals surface area contributed by atoms with Crippen LogP contribution in [0.2, 0.25) is 0 Å². The summed E-state index contributed by atoms with van der Waals surface area (Å²) in [7, 11) is 0. The van der Waals surface area contributed by atoms with Gasteiger partial charge in [-0.25, -0.2) is 0 Å². The predicted octanol–water partition coefficient (Wildman–Crippen LogP) is 4.38. The van der Waals surface area contributed by atoms with E-state index in [4.69, 9.17) is 4.74 Å². The number of amides is 2. The summed E-state index contributed by atoms with van der Waals surface area (Å²) in [5.41, 5.74) is 4.52. The fraction of sp³-hybridized carbons (Fsp3) is 0.154. The molecule has 0 saturated carbocycles. The molecule has 0 radical (unpaired) electrons. The molecule has 1 aliphatic heterocycles. The van der Waals surface area contributed by atoms with Crippen molar-refractivity contribution >= 4 is 23.6 Å². The van der Waals surface area contributed by atoms with E-state index >= 15 is 0 Å². The molecule has 1 unspecified atom stereocenters. The number of ether oxygens (including phenoxy) is 1. The second kappa shape index (κ2) is 9.87. The van der Waals surface area contributed by atoms with Gasteiger partial charge >= 0.3 is 0 Å². The molecule has 1 heterocycles. The van der Waals surface area contributed by atoms with E-state index in [1.807, 2.05) is 42.5 Å². The third kappa shape index (κ3) is 5.47. The van der Waals surface area contributed by atoms with Gasteiger partial charge in [0, 0.05) is 23.9 Å². The zero-order chi connectivity index (χ0) is 21.5. The Morgan fingerprint density at radius 2 is 1.68 bits per heavy atom. The van der Waals surface area contributed by atoms with Crippen LogP contribution in [0.5, 0.6) is 0 Å². The van der Waals surface area contributed by atoms with Gasteiger partial charge in [0.15, 0.2) is 0 Å². The number of carbonyl (C=O) groups is 2. The fourth-order valence-electron chi connectivity index (χ4n) is 3.56. The topological polar surface area (TPSA) is 67.4 Å². The molecule has 0 saturated heterocycles. The highest BCUT2D eigenvalue weighted by atomic mass is 16.5. The molecule has 5 nitrogen and oxygen atoms in total. The molecule has 0 aromatic heterocycles. The molecule has 3 aromatic rings. The van der Waals surface area contributed by atoms with Crippen molar-refractivity contribution in [3.63, 3.8) is 0 Å². The number of hydrogen-bond acceptors (Lipinski definition) is 3. The zero-order valence-electron chi connectivity index (χ0n) is 17.1. The van der Waals surface area contributed by atoms with Crippen LogP contribution in [0.3, 0.4) is 0 Å². The summed E-state index contributed by atoms with van der Waals surface area (Å²) >= 11 is 0. The maximum atomic E-state index is 12.5. The number of nitrogens with one attached hydrogen (secondary N) is 2. The molecular formula is C26H24N2O3. The third-order valence-electron chi connectivity index (χ3n) is 5.18. The maximum absolute atomic E-state index is 12.5. The molecule has 2 amide bonds. The SMILES string of the molecule is O=C(C=Cc1ccccc1)Nc1ccc(C(=O)NCC2OCCc3ccccc32)cc1. The van der Waals surface area contributed by atoms with Gasteiger partial charge in [-0.1, -0.05) is 54.6 Å². The Labute approximate surface area is 181 Å². The normalized spacial score (nSPS) is 15.3. The Hall–Kier alpha value is -3.70. The molecule has 0 aliphatic carbocycles. The highest BCUT2D eigenvalue weighted by Gasteiger charge is 2.21. The van der Waals surface area contributed by atoms with Crippen LogP contribution in [-0.2, 0) is 16.0 Å². The Bertz CT molecular complexity index is 1080. The van der Waals surface area contributed by atoms with Gasteiger partial charge < -0.3 is 15.4 Å². The molecule has 0 fully saturated rings. The summed E-state index contributed by atoms with van der Waals surface area (Å²) in [4.78, 5) is 24.6. The van der Waals surface area contributed by atoms with Crippen LogP contribution in [0, 0.1) is 0 Å². The molecule has 0 bridgehead atoms. The lowest BCUT2D eigenvalue weighted by Gasteiger charge is -2.26. The molecule has 1 aliphatic rings. The summed E-state index contributed by atoms with van der Waals surface area (Å²) < 4.78 is 5.84. The average molecular weight is 412 g/mol. The molecule has 0 spiro atoms. The van der Waals surface area contributed by atoms with Crippen molar-refractivity contribution < 1.29 is 14.3 Å². The lowest BCUT2D eigenvalue weighted by atomic mass is 9.97. The summed E-state index contributed by atoms with van der Waals surface area (Å²) in [6.45, 7) is 1.07. The van der Waals surface area contributed by atoms with E-state index < -0.39 is 0 Å². The monoisotopic (exact) mass is 412 g/mol. The van der Waals surface area contributed by atoms with Crippen LogP contribution in [0.15, 0.2) is 84.9 Å². The van der Waals surface area contributed by atoms with Crippen molar-refractivity contribution in [1.82, 2.24) is 5.32 Å². The second-order valence-electron chi connectivity index (χ2n) is 7.33. The molecule has 156 valence electrons. The largest absolute Gasteiger partial charge is 0.371 e. The molecule has 4 rings (SSSR count). The van der Waals surface area contributed by atoms with Crippen molar-refractivity contribution in [2.45, 2.75) is 12.5 Å². The van der Waals surface area contributed by atoms with Gasteiger partial charge in [0.1, 0.15) is 6.10 Å². The van der Waals surface area contributed by atoms with Gasteiger partial charge in [0.2, 0.25) is 5.91 Å². The Kier molecular flexibility index (Phi) is 6.55. The van der Waals surface area contributed by atoms with Crippen LogP contribution in [0.4, 0.5) is 5.69 Å². The van der Waals surface area contributed by atoms with E-state index in [9.17, 15) is 9.59 Å². The highest BCUT2D eigenvalue weighted by Crippen LogP contribution is 2.26. The van der Waals surface area contributed by atoms with E-state index in [2.05, 4.69) is 22.8 Å². The van der Waals surface area contributed by atoms with E-state index in [0.717, 1.165) is 17.5 Å². The highest BCUT2D eigenvalue weighted by molar-refractivity contribution is 6.02. The van der Waals surface area contributed by atoms with Gasteiger partial charge in [-0.05, 0) is 53.5 Å². The van der Waals surface area contributed by atoms with Crippen LogP contribution in [0.25, 0.3) is 6.08 Å². The van der Waals surface area contributed by atoms with E-state index in [1.165, 1.54) is 11.6 Å². The standard InChI is InChI=1S/C26H24N2O3/c29-25(15-10-19-6-2-1-3-7-19)28-22-13-11-21(12-14-22)26(30)27-18-24-23-9-5-4-8-20(23)16-17-31-24/h1-15,24H,16-18H2,(H,27,30)(H,28,29). The molecular weight excluding hydrogens is 388 g/mol. The Morgan fingerprint density at radius 3 is 2.48 bits per heavy atom. The minimum Gasteiger partial charge on any atom is -0.371 e. The Morgan fingerprint density at radius 1 is 0.935 bits per heavy atom. The number of fused-ring (bicyclic) bond motifs is 1. The van der Waals surface area contributed by atoms with Gasteiger partial charge in [0.05, 0.1) is 6.61 Å². The summed E-state index contributed by atoms with van der Waals surface area (Å²) in [6, 6.07) is 24.6. The van der Waals surface area contributed by atoms with Gasteiger partial charge in [0.25, 0.3) is 5.91 Å². The smallest absolute Gasteiger partial charge is 0.251 e. The molecule has 3 aromatic carbocycles. The minimum absolute atomic E-state index is 0.135. The molecule has 1 atom stereocenters. The first-order chi connectivity index (χ1) is 15.2. The third-order valence-corrected chi connectivity index (χ3v) is 5.18. The first-order valence-corrected chi connectivity index (χ1v) is 10.3. The lowest BCUT2D eigenvalue weighted by Crippen LogP contribution is -2.31. The first-order valence-electron chi connectivity index (χ1n) is 10.3. The number of carbonyl (C=O) groups excluding carboxylic acids is 2. The van der Waals surface area contributed by atoms with Crippen LogP contribution in [0.1, 0.15) is 33.2 Å². The fourth-order valence-corrected chi connectivity index (χ4v) is 3.56. The number of hydrogen-bond donors (Lipinski definition) is 2. The molecule has 2 N–H and O–H groups in total. The number of benzene rings is 3. The summed E-state index contributed by atoms with van der Waals surface area (Å²) in [5.74, 6) is -0.400. The summed E-state index contributed by atoms with van der Waals surface area (Å²) in [6.07, 6.45) is 4.00. The van der Waals surface area contributed by atoms with E-state index in [-0.39, 0.29) is 17.9 Å². The van der Waals surface area contributed by atoms with Crippen LogP contribution >= 0.6 is 0 Å². The maximum Gasteiger partial charge on any atom is 0.251 e. The van der Waals surface area contributed by atoms with Crippen molar-refractivity contribution in [1.29, 1.82) is 0 Å². The Balaban J connectivity index is 1.30. The first kappa shape index (κ1) is 20.6. The quantitative estimate of drug-likeness (QED) is 0.591. The summed E-state index contributed by atoms with van der Waals surface area (Å²) in [5, 5.41) is 5.74. The van der Waals surface area contributed by atoms with Crippen molar-refractivity contribution in [2.75, 3.05) is 18.5 Å². The van der Waals surface area contributed by atoms with E-state index in [0.29, 0.717) is 24.4 Å². The number of rotatable bonds is 6. The van der Waals surface area contributed by atoms with Crippen LogP contribution in [-0.4, -0.2) is 25.0 Å². The van der Waals surface area contributed by atoms with E-state index in [1.54, 1.807) is 30.3 Å². The predicted molar refractivity (Wildman–Crippen MR) is 122 cm³/mol. The number of anilines is 1. The zero-order valence-corrected chi connectivity index (χ0v) is 17.1. The van der Waals surface area contributed by atoms with Crippen LogP contribution < -0.4 is 10.6 Å². The minimum atomic E-state index is -0.228. The van der Waals surface area contributed by atoms with Crippen molar-refractivity contribution in [3.8, 4) is 0 Å².